The van der Waals surface area contributed by atoms with Gasteiger partial charge in [0, 0.05) is 12.0 Å². The van der Waals surface area contributed by atoms with E-state index in [-0.39, 0.29) is 5.91 Å². The monoisotopic (exact) mass is 255 g/mol. The van der Waals surface area contributed by atoms with E-state index < -0.39 is 0 Å². The minimum atomic E-state index is -0.350. The van der Waals surface area contributed by atoms with Crippen molar-refractivity contribution >= 4 is 17.2 Å². The molecule has 1 aliphatic rings. The SMILES string of the molecule is NNC(=O)c1nc(COCC2CCCC2)cs1. The van der Waals surface area contributed by atoms with Gasteiger partial charge >= 0.3 is 0 Å². The van der Waals surface area contributed by atoms with Gasteiger partial charge in [0.25, 0.3) is 5.91 Å². The number of hydrogen-bond donors (Lipinski definition) is 2. The lowest BCUT2D eigenvalue weighted by Gasteiger charge is -2.08. The number of thiazole rings is 1. The van der Waals surface area contributed by atoms with Crippen molar-refractivity contribution in [2.75, 3.05) is 6.61 Å². The second-order valence-electron chi connectivity index (χ2n) is 4.28. The molecule has 1 aliphatic carbocycles. The van der Waals surface area contributed by atoms with Crippen molar-refractivity contribution in [1.82, 2.24) is 10.4 Å². The quantitative estimate of drug-likeness (QED) is 0.474. The molecule has 0 spiro atoms. The molecule has 0 saturated heterocycles. The summed E-state index contributed by atoms with van der Waals surface area (Å²) in [4.78, 5) is 15.3. The third-order valence-corrected chi connectivity index (χ3v) is 3.85. The second kappa shape index (κ2) is 6.09. The van der Waals surface area contributed by atoms with Gasteiger partial charge in [-0.05, 0) is 18.8 Å². The Labute approximate surface area is 104 Å². The van der Waals surface area contributed by atoms with Crippen LogP contribution in [0, 0.1) is 5.92 Å². The molecule has 0 atom stereocenters. The van der Waals surface area contributed by atoms with Gasteiger partial charge in [-0.1, -0.05) is 12.8 Å². The molecular weight excluding hydrogens is 238 g/mol. The predicted octanol–water partition coefficient (Wildman–Crippen LogP) is 1.45. The van der Waals surface area contributed by atoms with Crippen LogP contribution in [0.15, 0.2) is 5.38 Å². The molecule has 1 fully saturated rings. The standard InChI is InChI=1S/C11H17N3O2S/c12-14-10(15)11-13-9(7-17-11)6-16-5-8-3-1-2-4-8/h7-8H,1-6,12H2,(H,14,15). The summed E-state index contributed by atoms with van der Waals surface area (Å²) in [7, 11) is 0. The van der Waals surface area contributed by atoms with Crippen LogP contribution in [0.2, 0.25) is 0 Å². The maximum atomic E-state index is 11.2. The number of hydrogen-bond acceptors (Lipinski definition) is 5. The van der Waals surface area contributed by atoms with Crippen LogP contribution in [-0.4, -0.2) is 17.5 Å². The lowest BCUT2D eigenvalue weighted by Crippen LogP contribution is -2.29. The van der Waals surface area contributed by atoms with Crippen molar-refractivity contribution in [3.63, 3.8) is 0 Å². The van der Waals surface area contributed by atoms with Crippen LogP contribution in [0.4, 0.5) is 0 Å². The average molecular weight is 255 g/mol. The van der Waals surface area contributed by atoms with E-state index in [2.05, 4.69) is 10.4 Å². The van der Waals surface area contributed by atoms with E-state index in [1.165, 1.54) is 37.0 Å². The van der Waals surface area contributed by atoms with Gasteiger partial charge in [-0.2, -0.15) is 0 Å². The number of rotatable bonds is 5. The molecule has 0 radical (unpaired) electrons. The first-order valence-corrected chi connectivity index (χ1v) is 6.70. The van der Waals surface area contributed by atoms with Gasteiger partial charge in [0.2, 0.25) is 0 Å². The second-order valence-corrected chi connectivity index (χ2v) is 5.14. The van der Waals surface area contributed by atoms with Crippen molar-refractivity contribution in [1.29, 1.82) is 0 Å². The summed E-state index contributed by atoms with van der Waals surface area (Å²) < 4.78 is 5.61. The van der Waals surface area contributed by atoms with Gasteiger partial charge in [0.1, 0.15) is 0 Å². The van der Waals surface area contributed by atoms with Gasteiger partial charge in [0.15, 0.2) is 5.01 Å². The Hall–Kier alpha value is -0.980. The molecule has 0 aliphatic heterocycles. The molecule has 1 saturated carbocycles. The first-order valence-electron chi connectivity index (χ1n) is 5.82. The first kappa shape index (κ1) is 12.5. The minimum absolute atomic E-state index is 0.350. The fourth-order valence-corrected chi connectivity index (χ4v) is 2.75. The molecule has 0 bridgehead atoms. The topological polar surface area (TPSA) is 77.2 Å². The maximum Gasteiger partial charge on any atom is 0.294 e. The van der Waals surface area contributed by atoms with E-state index in [0.717, 1.165) is 12.3 Å². The van der Waals surface area contributed by atoms with E-state index in [1.807, 2.05) is 5.38 Å². The van der Waals surface area contributed by atoms with E-state index in [1.54, 1.807) is 0 Å². The zero-order chi connectivity index (χ0) is 12.1. The van der Waals surface area contributed by atoms with E-state index in [9.17, 15) is 4.79 Å². The average Bonchev–Trinajstić information content (AvgIpc) is 2.99. The molecule has 1 aromatic heterocycles. The number of carbonyl (C=O) groups excluding carboxylic acids is 1. The largest absolute Gasteiger partial charge is 0.375 e. The van der Waals surface area contributed by atoms with Crippen molar-refractivity contribution in [3.05, 3.63) is 16.1 Å². The van der Waals surface area contributed by atoms with Gasteiger partial charge in [-0.15, -0.1) is 11.3 Å². The number of nitrogen functional groups attached to an aromatic ring is 1. The molecule has 17 heavy (non-hydrogen) atoms. The molecule has 1 aromatic rings. The van der Waals surface area contributed by atoms with Crippen molar-refractivity contribution in [2.24, 2.45) is 11.8 Å². The number of nitrogens with zero attached hydrogens (tertiary/aromatic N) is 1. The molecule has 0 aromatic carbocycles. The number of nitrogens with two attached hydrogens (primary N) is 1. The molecule has 94 valence electrons. The van der Waals surface area contributed by atoms with E-state index >= 15 is 0 Å². The van der Waals surface area contributed by atoms with Gasteiger partial charge in [-0.25, -0.2) is 10.8 Å². The summed E-state index contributed by atoms with van der Waals surface area (Å²) >= 11 is 1.28. The van der Waals surface area contributed by atoms with Crippen molar-refractivity contribution < 1.29 is 9.53 Å². The Morgan fingerprint density at radius 2 is 2.35 bits per heavy atom. The maximum absolute atomic E-state index is 11.2. The van der Waals surface area contributed by atoms with Crippen LogP contribution in [-0.2, 0) is 11.3 Å². The van der Waals surface area contributed by atoms with Crippen LogP contribution < -0.4 is 11.3 Å². The molecule has 0 unspecified atom stereocenters. The highest BCUT2D eigenvalue weighted by molar-refractivity contribution is 7.11. The summed E-state index contributed by atoms with van der Waals surface area (Å²) in [5, 5.41) is 2.21. The van der Waals surface area contributed by atoms with E-state index in [4.69, 9.17) is 10.6 Å². The third-order valence-electron chi connectivity index (χ3n) is 2.96. The van der Waals surface area contributed by atoms with Crippen LogP contribution >= 0.6 is 11.3 Å². The molecular formula is C11H17N3O2S. The zero-order valence-electron chi connectivity index (χ0n) is 9.65. The Morgan fingerprint density at radius 1 is 1.59 bits per heavy atom. The fraction of sp³-hybridized carbons (Fsp3) is 0.636. The van der Waals surface area contributed by atoms with Crippen LogP contribution in [0.5, 0.6) is 0 Å². The van der Waals surface area contributed by atoms with Crippen molar-refractivity contribution in [3.8, 4) is 0 Å². The van der Waals surface area contributed by atoms with Crippen LogP contribution in [0.1, 0.15) is 41.2 Å². The minimum Gasteiger partial charge on any atom is -0.375 e. The molecule has 1 amide bonds. The number of aromatic nitrogens is 1. The normalized spacial score (nSPS) is 16.3. The summed E-state index contributed by atoms with van der Waals surface area (Å²) in [6, 6.07) is 0. The van der Waals surface area contributed by atoms with Crippen molar-refractivity contribution in [2.45, 2.75) is 32.3 Å². The molecule has 5 nitrogen and oxygen atoms in total. The summed E-state index contributed by atoms with van der Waals surface area (Å²) in [5.41, 5.74) is 2.86. The van der Waals surface area contributed by atoms with Gasteiger partial charge in [-0.3, -0.25) is 10.2 Å². The number of ether oxygens (including phenoxy) is 1. The van der Waals surface area contributed by atoms with Gasteiger partial charge in [0.05, 0.1) is 12.3 Å². The van der Waals surface area contributed by atoms with Gasteiger partial charge < -0.3 is 4.74 Å². The summed E-state index contributed by atoms with van der Waals surface area (Å²) in [6.07, 6.45) is 5.20. The Morgan fingerprint density at radius 3 is 3.06 bits per heavy atom. The highest BCUT2D eigenvalue weighted by Gasteiger charge is 2.15. The smallest absolute Gasteiger partial charge is 0.294 e. The number of hydrazine groups is 1. The predicted molar refractivity (Wildman–Crippen MR) is 65.4 cm³/mol. The van der Waals surface area contributed by atoms with Crippen LogP contribution in [0.3, 0.4) is 0 Å². The Kier molecular flexibility index (Phi) is 4.47. The number of nitrogens with one attached hydrogen (secondary N) is 1. The Balaban J connectivity index is 1.74. The number of carbonyl (C=O) groups is 1. The summed E-state index contributed by atoms with van der Waals surface area (Å²) in [6.45, 7) is 1.28. The Bertz CT molecular complexity index is 375. The summed E-state index contributed by atoms with van der Waals surface area (Å²) in [5.74, 6) is 5.39. The van der Waals surface area contributed by atoms with E-state index in [0.29, 0.717) is 17.5 Å². The lowest BCUT2D eigenvalue weighted by molar-refractivity contribution is 0.0865. The number of amides is 1. The highest BCUT2D eigenvalue weighted by atomic mass is 32.1. The molecule has 2 rings (SSSR count). The van der Waals surface area contributed by atoms with Crippen LogP contribution in [0.25, 0.3) is 0 Å². The first-order chi connectivity index (χ1) is 8.29. The molecule has 3 N–H and O–H groups in total. The third kappa shape index (κ3) is 3.49. The molecule has 1 heterocycles. The lowest BCUT2D eigenvalue weighted by atomic mass is 10.1. The fourth-order valence-electron chi connectivity index (χ4n) is 2.05. The zero-order valence-corrected chi connectivity index (χ0v) is 10.5. The highest BCUT2D eigenvalue weighted by Crippen LogP contribution is 2.25. The molecule has 6 heteroatoms.